The first-order valence-corrected chi connectivity index (χ1v) is 8.82. The molecule has 0 radical (unpaired) electrons. The highest BCUT2D eigenvalue weighted by Gasteiger charge is 2.26. The van der Waals surface area contributed by atoms with E-state index >= 15 is 0 Å². The van der Waals surface area contributed by atoms with E-state index in [4.69, 9.17) is 9.47 Å². The Hall–Kier alpha value is -3.09. The lowest BCUT2D eigenvalue weighted by molar-refractivity contribution is 0.0633. The molecule has 1 heterocycles. The highest BCUT2D eigenvalue weighted by atomic mass is 19.1. The summed E-state index contributed by atoms with van der Waals surface area (Å²) in [6.45, 7) is 3.55. The lowest BCUT2D eigenvalue weighted by atomic mass is 10.1. The van der Waals surface area contributed by atoms with Gasteiger partial charge in [-0.1, -0.05) is 18.2 Å². The smallest absolute Gasteiger partial charge is 0.415 e. The second-order valence-electron chi connectivity index (χ2n) is 6.04. The monoisotopic (exact) mass is 372 g/mol. The van der Waals surface area contributed by atoms with Crippen LogP contribution in [0.2, 0.25) is 0 Å². The van der Waals surface area contributed by atoms with Crippen LogP contribution in [-0.2, 0) is 0 Å². The number of carbonyl (C=O) groups is 2. The number of hydrogen-bond donors (Lipinski definition) is 0. The van der Waals surface area contributed by atoms with Crippen molar-refractivity contribution in [1.82, 2.24) is 9.80 Å². The van der Waals surface area contributed by atoms with Gasteiger partial charge in [-0.15, -0.1) is 0 Å². The number of hydrogen-bond acceptors (Lipinski definition) is 4. The average Bonchev–Trinajstić information content (AvgIpc) is 2.70. The Bertz CT molecular complexity index is 805. The van der Waals surface area contributed by atoms with Crippen molar-refractivity contribution in [2.24, 2.45) is 0 Å². The van der Waals surface area contributed by atoms with Gasteiger partial charge in [-0.3, -0.25) is 4.79 Å². The van der Waals surface area contributed by atoms with Crippen LogP contribution in [0.4, 0.5) is 9.18 Å². The number of piperazine rings is 1. The summed E-state index contributed by atoms with van der Waals surface area (Å²) in [5, 5.41) is 0. The molecule has 27 heavy (non-hydrogen) atoms. The molecule has 2 amide bonds. The molecule has 0 saturated carbocycles. The fraction of sp³-hybridized carbons (Fsp3) is 0.300. The zero-order chi connectivity index (χ0) is 19.2. The summed E-state index contributed by atoms with van der Waals surface area (Å²) < 4.78 is 24.4. The molecule has 0 aromatic heterocycles. The van der Waals surface area contributed by atoms with Crippen molar-refractivity contribution in [3.05, 3.63) is 59.9 Å². The Morgan fingerprint density at radius 2 is 1.67 bits per heavy atom. The highest BCUT2D eigenvalue weighted by molar-refractivity contribution is 5.94. The zero-order valence-electron chi connectivity index (χ0n) is 15.1. The number of halogens is 1. The Labute approximate surface area is 157 Å². The summed E-state index contributed by atoms with van der Waals surface area (Å²) in [5.74, 6) is -0.228. The van der Waals surface area contributed by atoms with E-state index in [1.165, 1.54) is 12.1 Å². The number of para-hydroxylation sites is 1. The van der Waals surface area contributed by atoms with E-state index in [2.05, 4.69) is 0 Å². The molecule has 1 saturated heterocycles. The van der Waals surface area contributed by atoms with Gasteiger partial charge < -0.3 is 19.3 Å². The fourth-order valence-corrected chi connectivity index (χ4v) is 2.84. The first-order chi connectivity index (χ1) is 13.1. The Morgan fingerprint density at radius 3 is 2.30 bits per heavy atom. The third-order valence-electron chi connectivity index (χ3n) is 4.25. The van der Waals surface area contributed by atoms with Gasteiger partial charge in [0.25, 0.3) is 5.91 Å². The molecular formula is C20H21FN2O4. The third kappa shape index (κ3) is 4.55. The van der Waals surface area contributed by atoms with E-state index in [1.807, 2.05) is 6.07 Å². The molecule has 0 atom stereocenters. The molecule has 7 heteroatoms. The number of nitrogens with zero attached hydrogens (tertiary/aromatic N) is 2. The van der Waals surface area contributed by atoms with E-state index in [-0.39, 0.29) is 17.2 Å². The summed E-state index contributed by atoms with van der Waals surface area (Å²) in [7, 11) is 0. The van der Waals surface area contributed by atoms with Gasteiger partial charge in [0.2, 0.25) is 0 Å². The zero-order valence-corrected chi connectivity index (χ0v) is 15.1. The minimum atomic E-state index is -0.562. The van der Waals surface area contributed by atoms with Gasteiger partial charge in [0.1, 0.15) is 5.75 Å². The van der Waals surface area contributed by atoms with Crippen molar-refractivity contribution < 1.29 is 23.5 Å². The van der Waals surface area contributed by atoms with Crippen LogP contribution in [0.25, 0.3) is 0 Å². The van der Waals surface area contributed by atoms with Crippen molar-refractivity contribution >= 4 is 12.0 Å². The number of ether oxygens (including phenoxy) is 2. The number of carbonyl (C=O) groups excluding carboxylic acids is 2. The van der Waals surface area contributed by atoms with Crippen LogP contribution in [0.15, 0.2) is 48.5 Å². The molecule has 0 N–H and O–H groups in total. The van der Waals surface area contributed by atoms with E-state index in [9.17, 15) is 14.0 Å². The number of benzene rings is 2. The molecule has 2 aromatic carbocycles. The first-order valence-electron chi connectivity index (χ1n) is 8.82. The SMILES string of the molecule is CCOc1ccc(C(=O)N2CCN(C(=O)Oc3ccccc3)CC2)cc1F. The normalized spacial score (nSPS) is 14.0. The summed E-state index contributed by atoms with van der Waals surface area (Å²) in [4.78, 5) is 27.9. The quantitative estimate of drug-likeness (QED) is 0.827. The van der Waals surface area contributed by atoms with Crippen LogP contribution >= 0.6 is 0 Å². The summed E-state index contributed by atoms with van der Waals surface area (Å²) in [6.07, 6.45) is -0.444. The number of rotatable bonds is 4. The van der Waals surface area contributed by atoms with Crippen molar-refractivity contribution in [2.45, 2.75) is 6.92 Å². The van der Waals surface area contributed by atoms with Crippen LogP contribution in [0.5, 0.6) is 11.5 Å². The summed E-state index contributed by atoms with van der Waals surface area (Å²) >= 11 is 0. The van der Waals surface area contributed by atoms with Crippen LogP contribution in [0.3, 0.4) is 0 Å². The topological polar surface area (TPSA) is 59.1 Å². The van der Waals surface area contributed by atoms with E-state index < -0.39 is 11.9 Å². The minimum Gasteiger partial charge on any atom is -0.491 e. The molecule has 1 fully saturated rings. The maximum atomic E-state index is 14.0. The first kappa shape index (κ1) is 18.7. The van der Waals surface area contributed by atoms with Crippen molar-refractivity contribution in [2.75, 3.05) is 32.8 Å². The van der Waals surface area contributed by atoms with Crippen LogP contribution < -0.4 is 9.47 Å². The van der Waals surface area contributed by atoms with Crippen LogP contribution in [0.1, 0.15) is 17.3 Å². The standard InChI is InChI=1S/C20H21FN2O4/c1-2-26-18-9-8-15(14-17(18)21)19(24)22-10-12-23(13-11-22)20(25)27-16-6-4-3-5-7-16/h3-9,14H,2,10-13H2,1H3. The molecular weight excluding hydrogens is 351 g/mol. The maximum Gasteiger partial charge on any atom is 0.415 e. The predicted octanol–water partition coefficient (Wildman–Crippen LogP) is 3.18. The number of amides is 2. The van der Waals surface area contributed by atoms with E-state index in [1.54, 1.807) is 47.1 Å². The highest BCUT2D eigenvalue weighted by Crippen LogP contribution is 2.20. The van der Waals surface area contributed by atoms with Crippen LogP contribution in [-0.4, -0.2) is 54.6 Å². The molecule has 1 aliphatic rings. The summed E-state index contributed by atoms with van der Waals surface area (Å²) in [6, 6.07) is 13.0. The Kier molecular flexibility index (Phi) is 5.90. The van der Waals surface area contributed by atoms with Gasteiger partial charge in [0, 0.05) is 31.7 Å². The van der Waals surface area contributed by atoms with E-state index in [0.717, 1.165) is 0 Å². The van der Waals surface area contributed by atoms with Crippen molar-refractivity contribution in [3.8, 4) is 11.5 Å². The lowest BCUT2D eigenvalue weighted by Crippen LogP contribution is -2.51. The second kappa shape index (κ2) is 8.53. The van der Waals surface area contributed by atoms with Gasteiger partial charge in [-0.2, -0.15) is 0 Å². The molecule has 0 aliphatic carbocycles. The van der Waals surface area contributed by atoms with Crippen LogP contribution in [0, 0.1) is 5.82 Å². The molecule has 0 unspecified atom stereocenters. The van der Waals surface area contributed by atoms with Crippen molar-refractivity contribution in [1.29, 1.82) is 0 Å². The van der Waals surface area contributed by atoms with Gasteiger partial charge in [0.05, 0.1) is 6.61 Å². The third-order valence-corrected chi connectivity index (χ3v) is 4.25. The molecule has 6 nitrogen and oxygen atoms in total. The Morgan fingerprint density at radius 1 is 1.00 bits per heavy atom. The molecule has 0 bridgehead atoms. The van der Waals surface area contributed by atoms with Gasteiger partial charge in [-0.25, -0.2) is 9.18 Å². The Balaban J connectivity index is 1.56. The van der Waals surface area contributed by atoms with Gasteiger partial charge in [-0.05, 0) is 37.3 Å². The molecule has 142 valence electrons. The minimum absolute atomic E-state index is 0.127. The van der Waals surface area contributed by atoms with Crippen molar-refractivity contribution in [3.63, 3.8) is 0 Å². The molecule has 0 spiro atoms. The molecule has 2 aromatic rings. The second-order valence-corrected chi connectivity index (χ2v) is 6.04. The average molecular weight is 372 g/mol. The van der Waals surface area contributed by atoms with Gasteiger partial charge >= 0.3 is 6.09 Å². The molecule has 3 rings (SSSR count). The lowest BCUT2D eigenvalue weighted by Gasteiger charge is -2.34. The largest absolute Gasteiger partial charge is 0.491 e. The molecule has 1 aliphatic heterocycles. The maximum absolute atomic E-state index is 14.0. The fourth-order valence-electron chi connectivity index (χ4n) is 2.84. The summed E-state index contributed by atoms with van der Waals surface area (Å²) in [5.41, 5.74) is 0.260. The predicted molar refractivity (Wildman–Crippen MR) is 97.5 cm³/mol. The van der Waals surface area contributed by atoms with E-state index in [0.29, 0.717) is 38.5 Å². The van der Waals surface area contributed by atoms with Gasteiger partial charge in [0.15, 0.2) is 11.6 Å².